The molecule has 66 valence electrons. The van der Waals surface area contributed by atoms with Gasteiger partial charge in [0, 0.05) is 6.54 Å². The molecule has 0 aliphatic rings. The van der Waals surface area contributed by atoms with Gasteiger partial charge in [-0.15, -0.1) is 0 Å². The fourth-order valence-electron chi connectivity index (χ4n) is 0.802. The molecular weight excluding hydrogens is 158 g/mol. The number of nitrogens with two attached hydrogens (primary N) is 2. The molecule has 6 N–H and O–H groups in total. The molecule has 0 fully saturated rings. The van der Waals surface area contributed by atoms with Crippen molar-refractivity contribution < 1.29 is 0 Å². The molecule has 0 unspecified atom stereocenters. The van der Waals surface area contributed by atoms with Gasteiger partial charge in [-0.3, -0.25) is 9.78 Å². The summed E-state index contributed by atoms with van der Waals surface area (Å²) in [6.45, 7) is 2.51. The zero-order chi connectivity index (χ0) is 9.14. The normalized spacial score (nSPS) is 9.75. The number of hydrogen-bond donors (Lipinski definition) is 4. The average Bonchev–Trinajstić information content (AvgIpc) is 2.00. The summed E-state index contributed by atoms with van der Waals surface area (Å²) in [4.78, 5) is 17.1. The highest BCUT2D eigenvalue weighted by atomic mass is 16.1. The molecule has 1 heterocycles. The van der Waals surface area contributed by atoms with Gasteiger partial charge < -0.3 is 16.8 Å². The van der Waals surface area contributed by atoms with E-state index in [9.17, 15) is 4.79 Å². The predicted molar refractivity (Wildman–Crippen MR) is 47.8 cm³/mol. The SMILES string of the molecule is CCNc1nc(N)[nH]c(=O)c1N. The fourth-order valence-corrected chi connectivity index (χ4v) is 0.802. The summed E-state index contributed by atoms with van der Waals surface area (Å²) in [6, 6.07) is 0. The van der Waals surface area contributed by atoms with Gasteiger partial charge in [0.1, 0.15) is 5.69 Å². The van der Waals surface area contributed by atoms with Crippen LogP contribution in [0.25, 0.3) is 0 Å². The summed E-state index contributed by atoms with van der Waals surface area (Å²) >= 11 is 0. The minimum absolute atomic E-state index is 0.0603. The maximum Gasteiger partial charge on any atom is 0.277 e. The van der Waals surface area contributed by atoms with Crippen LogP contribution in [0.2, 0.25) is 0 Å². The van der Waals surface area contributed by atoms with E-state index >= 15 is 0 Å². The van der Waals surface area contributed by atoms with Crippen molar-refractivity contribution in [2.75, 3.05) is 23.3 Å². The van der Waals surface area contributed by atoms with E-state index in [1.807, 2.05) is 6.92 Å². The molecule has 0 radical (unpaired) electrons. The second-order valence-corrected chi connectivity index (χ2v) is 2.24. The highest BCUT2D eigenvalue weighted by molar-refractivity contribution is 5.60. The van der Waals surface area contributed by atoms with E-state index in [-0.39, 0.29) is 11.6 Å². The van der Waals surface area contributed by atoms with E-state index < -0.39 is 5.56 Å². The number of aromatic nitrogens is 2. The maximum absolute atomic E-state index is 11.0. The third kappa shape index (κ3) is 1.47. The zero-order valence-electron chi connectivity index (χ0n) is 6.72. The number of nitrogen functional groups attached to an aromatic ring is 2. The molecular formula is C6H11N5O. The minimum atomic E-state index is -0.418. The van der Waals surface area contributed by atoms with Gasteiger partial charge >= 0.3 is 0 Å². The first kappa shape index (κ1) is 8.38. The number of rotatable bonds is 2. The Hall–Kier alpha value is -1.72. The molecule has 0 bridgehead atoms. The van der Waals surface area contributed by atoms with Crippen LogP contribution in [-0.2, 0) is 0 Å². The predicted octanol–water partition coefficient (Wildman–Crippen LogP) is -0.634. The van der Waals surface area contributed by atoms with Crippen molar-refractivity contribution in [1.82, 2.24) is 9.97 Å². The van der Waals surface area contributed by atoms with Gasteiger partial charge in [0.15, 0.2) is 5.82 Å². The van der Waals surface area contributed by atoms with Crippen LogP contribution >= 0.6 is 0 Å². The van der Waals surface area contributed by atoms with E-state index in [4.69, 9.17) is 11.5 Å². The lowest BCUT2D eigenvalue weighted by atomic mass is 10.4. The van der Waals surface area contributed by atoms with Crippen molar-refractivity contribution in [2.24, 2.45) is 0 Å². The molecule has 0 atom stereocenters. The lowest BCUT2D eigenvalue weighted by Crippen LogP contribution is -2.18. The molecule has 1 aromatic heterocycles. The molecule has 1 rings (SSSR count). The Morgan fingerprint density at radius 3 is 2.83 bits per heavy atom. The second-order valence-electron chi connectivity index (χ2n) is 2.24. The lowest BCUT2D eigenvalue weighted by molar-refractivity contribution is 1.10. The molecule has 12 heavy (non-hydrogen) atoms. The van der Waals surface area contributed by atoms with Gasteiger partial charge in [-0.2, -0.15) is 4.98 Å². The van der Waals surface area contributed by atoms with Crippen molar-refractivity contribution in [3.8, 4) is 0 Å². The average molecular weight is 169 g/mol. The molecule has 0 amide bonds. The summed E-state index contributed by atoms with van der Waals surface area (Å²) < 4.78 is 0. The van der Waals surface area contributed by atoms with Crippen molar-refractivity contribution in [3.63, 3.8) is 0 Å². The first-order valence-corrected chi connectivity index (χ1v) is 3.54. The first-order chi connectivity index (χ1) is 5.65. The smallest absolute Gasteiger partial charge is 0.277 e. The number of nitrogens with zero attached hydrogens (tertiary/aromatic N) is 1. The topological polar surface area (TPSA) is 110 Å². The van der Waals surface area contributed by atoms with Gasteiger partial charge in [-0.05, 0) is 6.92 Å². The molecule has 0 aliphatic heterocycles. The summed E-state index contributed by atoms with van der Waals surface area (Å²) in [5.74, 6) is 0.393. The van der Waals surface area contributed by atoms with Crippen molar-refractivity contribution in [3.05, 3.63) is 10.4 Å². The highest BCUT2D eigenvalue weighted by Crippen LogP contribution is 2.08. The van der Waals surface area contributed by atoms with Crippen LogP contribution in [0, 0.1) is 0 Å². The van der Waals surface area contributed by atoms with Crippen LogP contribution in [0.4, 0.5) is 17.5 Å². The van der Waals surface area contributed by atoms with Crippen LogP contribution in [0.1, 0.15) is 6.92 Å². The molecule has 1 aromatic rings. The van der Waals surface area contributed by atoms with E-state index in [0.29, 0.717) is 12.4 Å². The molecule has 0 spiro atoms. The van der Waals surface area contributed by atoms with Crippen LogP contribution in [0.5, 0.6) is 0 Å². The monoisotopic (exact) mass is 169 g/mol. The Kier molecular flexibility index (Phi) is 2.18. The minimum Gasteiger partial charge on any atom is -0.391 e. The van der Waals surface area contributed by atoms with Crippen LogP contribution in [0.15, 0.2) is 4.79 Å². The fraction of sp³-hybridized carbons (Fsp3) is 0.333. The molecule has 0 saturated heterocycles. The first-order valence-electron chi connectivity index (χ1n) is 3.54. The van der Waals surface area contributed by atoms with Gasteiger partial charge in [0.2, 0.25) is 5.95 Å². The number of aromatic amines is 1. The van der Waals surface area contributed by atoms with Crippen LogP contribution < -0.4 is 22.3 Å². The number of nitrogens with one attached hydrogen (secondary N) is 2. The molecule has 0 saturated carbocycles. The lowest BCUT2D eigenvalue weighted by Gasteiger charge is -2.04. The van der Waals surface area contributed by atoms with E-state index in [1.54, 1.807) is 0 Å². The van der Waals surface area contributed by atoms with Gasteiger partial charge in [-0.25, -0.2) is 0 Å². The van der Waals surface area contributed by atoms with Crippen LogP contribution in [0.3, 0.4) is 0 Å². The van der Waals surface area contributed by atoms with Crippen molar-refractivity contribution in [2.45, 2.75) is 6.92 Å². The van der Waals surface area contributed by atoms with Gasteiger partial charge in [-0.1, -0.05) is 0 Å². The third-order valence-electron chi connectivity index (χ3n) is 1.32. The van der Waals surface area contributed by atoms with Gasteiger partial charge in [0.25, 0.3) is 5.56 Å². The Balaban J connectivity index is 3.18. The third-order valence-corrected chi connectivity index (χ3v) is 1.32. The largest absolute Gasteiger partial charge is 0.391 e. The zero-order valence-corrected chi connectivity index (χ0v) is 6.72. The highest BCUT2D eigenvalue weighted by Gasteiger charge is 2.04. The summed E-state index contributed by atoms with van der Waals surface area (Å²) in [5.41, 5.74) is 10.4. The van der Waals surface area contributed by atoms with E-state index in [0.717, 1.165) is 0 Å². The Morgan fingerprint density at radius 1 is 1.58 bits per heavy atom. The quantitative estimate of drug-likeness (QED) is 0.471. The Bertz CT molecular complexity index is 331. The molecule has 0 aromatic carbocycles. The number of anilines is 3. The standard InChI is InChI=1S/C6H11N5O/c1-2-9-4-3(7)5(12)11-6(8)10-4/h2,7H2,1H3,(H4,8,9,10,11,12). The van der Waals surface area contributed by atoms with Gasteiger partial charge in [0.05, 0.1) is 0 Å². The summed E-state index contributed by atoms with van der Waals surface area (Å²) in [6.07, 6.45) is 0. The Labute approximate surface area is 69.0 Å². The molecule has 6 nitrogen and oxygen atoms in total. The summed E-state index contributed by atoms with van der Waals surface area (Å²) in [7, 11) is 0. The Morgan fingerprint density at radius 2 is 2.25 bits per heavy atom. The number of H-pyrrole nitrogens is 1. The van der Waals surface area contributed by atoms with Crippen molar-refractivity contribution >= 4 is 17.5 Å². The maximum atomic E-state index is 11.0. The summed E-state index contributed by atoms with van der Waals surface area (Å²) in [5, 5.41) is 2.82. The molecule has 6 heteroatoms. The second kappa shape index (κ2) is 3.12. The van der Waals surface area contributed by atoms with Crippen molar-refractivity contribution in [1.29, 1.82) is 0 Å². The van der Waals surface area contributed by atoms with E-state index in [1.165, 1.54) is 0 Å². The van der Waals surface area contributed by atoms with Crippen LogP contribution in [-0.4, -0.2) is 16.5 Å². The molecule has 0 aliphatic carbocycles. The number of hydrogen-bond acceptors (Lipinski definition) is 5. The van der Waals surface area contributed by atoms with E-state index in [2.05, 4.69) is 15.3 Å².